The molecule has 1 aliphatic rings. The van der Waals surface area contributed by atoms with E-state index in [4.69, 9.17) is 14.5 Å². The van der Waals surface area contributed by atoms with Crippen LogP contribution < -0.4 is 19.7 Å². The number of methoxy groups -OCH3 is 2. The highest BCUT2D eigenvalue weighted by molar-refractivity contribution is 7.09. The van der Waals surface area contributed by atoms with Crippen molar-refractivity contribution >= 4 is 46.2 Å². The quantitative estimate of drug-likeness (QED) is 0.232. The minimum atomic E-state index is -1.34. The van der Waals surface area contributed by atoms with E-state index in [9.17, 15) is 19.2 Å². The van der Waals surface area contributed by atoms with Gasteiger partial charge in [0.15, 0.2) is 0 Å². The highest BCUT2D eigenvalue weighted by atomic mass is 32.1. The van der Waals surface area contributed by atoms with Crippen molar-refractivity contribution in [3.05, 3.63) is 88.7 Å². The minimum Gasteiger partial charge on any atom is -0.497 e. The van der Waals surface area contributed by atoms with Gasteiger partial charge in [0.2, 0.25) is 11.8 Å². The first kappa shape index (κ1) is 30.4. The van der Waals surface area contributed by atoms with E-state index in [0.717, 1.165) is 17.0 Å². The predicted octanol–water partition coefficient (Wildman–Crippen LogP) is 5.19. The molecule has 0 saturated carbocycles. The largest absolute Gasteiger partial charge is 0.497 e. The molecule has 2 heterocycles. The monoisotopic (exact) mass is 612 g/mol. The van der Waals surface area contributed by atoms with Crippen LogP contribution in [0.3, 0.4) is 0 Å². The Morgan fingerprint density at radius 1 is 0.955 bits per heavy atom. The van der Waals surface area contributed by atoms with Gasteiger partial charge in [-0.25, -0.2) is 4.98 Å². The number of fused-ring (bicyclic) bond motifs is 1. The first-order chi connectivity index (χ1) is 21.2. The molecule has 1 aromatic heterocycles. The normalized spacial score (nSPS) is 13.7. The Hall–Kier alpha value is -5.03. The number of nitrogens with one attached hydrogen (secondary N) is 1. The number of thiazole rings is 1. The van der Waals surface area contributed by atoms with E-state index in [1.165, 1.54) is 21.1 Å². The van der Waals surface area contributed by atoms with Crippen LogP contribution in [0.5, 0.6) is 11.5 Å². The number of carbonyl (C=O) groups is 4. The summed E-state index contributed by atoms with van der Waals surface area (Å²) in [5, 5.41) is 5.41. The maximum absolute atomic E-state index is 14.1. The lowest BCUT2D eigenvalue weighted by Crippen LogP contribution is -2.58. The van der Waals surface area contributed by atoms with Gasteiger partial charge in [0.05, 0.1) is 37.7 Å². The second-order valence-corrected chi connectivity index (χ2v) is 11.3. The molecule has 44 heavy (non-hydrogen) atoms. The molecular weight excluding hydrogens is 580 g/mol. The van der Waals surface area contributed by atoms with E-state index in [0.29, 0.717) is 22.1 Å². The van der Waals surface area contributed by atoms with Crippen molar-refractivity contribution in [3.8, 4) is 22.8 Å². The molecular formula is C33H32N4O6S. The highest BCUT2D eigenvalue weighted by Crippen LogP contribution is 2.32. The Morgan fingerprint density at radius 3 is 2.23 bits per heavy atom. The maximum Gasteiger partial charge on any atom is 0.299 e. The van der Waals surface area contributed by atoms with Crippen molar-refractivity contribution in [1.29, 1.82) is 0 Å². The van der Waals surface area contributed by atoms with Gasteiger partial charge in [-0.2, -0.15) is 0 Å². The van der Waals surface area contributed by atoms with Crippen molar-refractivity contribution in [3.63, 3.8) is 0 Å². The number of benzene rings is 3. The van der Waals surface area contributed by atoms with E-state index < -0.39 is 35.6 Å². The van der Waals surface area contributed by atoms with Gasteiger partial charge >= 0.3 is 0 Å². The van der Waals surface area contributed by atoms with E-state index in [-0.39, 0.29) is 18.5 Å². The average Bonchev–Trinajstić information content (AvgIpc) is 3.62. The Bertz CT molecular complexity index is 1700. The number of rotatable bonds is 11. The van der Waals surface area contributed by atoms with Gasteiger partial charge in [-0.05, 0) is 74.0 Å². The number of ether oxygens (including phenoxy) is 2. The zero-order chi connectivity index (χ0) is 31.4. The van der Waals surface area contributed by atoms with Crippen LogP contribution in [-0.2, 0) is 20.9 Å². The van der Waals surface area contributed by atoms with Crippen molar-refractivity contribution in [2.45, 2.75) is 32.4 Å². The number of nitrogens with zero attached hydrogens (tertiary/aromatic N) is 3. The van der Waals surface area contributed by atoms with Crippen molar-refractivity contribution in [1.82, 2.24) is 9.88 Å². The van der Waals surface area contributed by atoms with Gasteiger partial charge < -0.3 is 19.7 Å². The molecule has 226 valence electrons. The lowest BCUT2D eigenvalue weighted by Gasteiger charge is -2.39. The first-order valence-electron chi connectivity index (χ1n) is 14.0. The number of para-hydroxylation sites is 1. The van der Waals surface area contributed by atoms with Gasteiger partial charge in [-0.3, -0.25) is 24.1 Å². The predicted molar refractivity (Wildman–Crippen MR) is 168 cm³/mol. The number of aromatic nitrogens is 1. The fourth-order valence-electron chi connectivity index (χ4n) is 4.99. The summed E-state index contributed by atoms with van der Waals surface area (Å²) in [4.78, 5) is 61.0. The third-order valence-corrected chi connectivity index (χ3v) is 8.66. The molecule has 4 aromatic rings. The molecule has 10 nitrogen and oxygen atoms in total. The Labute approximate surface area is 259 Å². The summed E-state index contributed by atoms with van der Waals surface area (Å²) in [5.41, 5.74) is 1.40. The molecule has 0 radical (unpaired) electrons. The molecule has 0 saturated heterocycles. The van der Waals surface area contributed by atoms with Crippen LogP contribution >= 0.6 is 11.3 Å². The standard InChI is InChI=1S/C33H32N4O6S/c1-5-33(2,32(41)34-22-12-16-24(43-4)17-13-22)37(18-28-35-26(20-44-28)21-10-14-23(42-3)15-11-21)29(38)19-36-27-9-7-6-8-25(27)30(39)31(36)40/h6-17,20H,5,18-19H2,1-4H3,(H,34,41). The van der Waals surface area contributed by atoms with Crippen LogP contribution in [0.4, 0.5) is 11.4 Å². The lowest BCUT2D eigenvalue weighted by molar-refractivity contribution is -0.145. The number of hydrogen-bond acceptors (Lipinski definition) is 8. The van der Waals surface area contributed by atoms with Crippen molar-refractivity contribution in [2.75, 3.05) is 31.0 Å². The minimum absolute atomic E-state index is 0.0116. The van der Waals surface area contributed by atoms with Gasteiger partial charge in [0.25, 0.3) is 11.7 Å². The Kier molecular flexibility index (Phi) is 8.77. The Morgan fingerprint density at radius 2 is 1.59 bits per heavy atom. The first-order valence-corrected chi connectivity index (χ1v) is 14.9. The maximum atomic E-state index is 14.1. The second-order valence-electron chi connectivity index (χ2n) is 10.4. The van der Waals surface area contributed by atoms with E-state index in [1.54, 1.807) is 69.7 Å². The summed E-state index contributed by atoms with van der Waals surface area (Å²) in [6.45, 7) is 3.10. The van der Waals surface area contributed by atoms with Crippen LogP contribution in [0.2, 0.25) is 0 Å². The van der Waals surface area contributed by atoms with Gasteiger partial charge in [-0.15, -0.1) is 11.3 Å². The number of Topliss-reactive ketones (excluding diaryl/α,β-unsaturated/α-hetero) is 1. The van der Waals surface area contributed by atoms with Crippen molar-refractivity contribution < 1.29 is 28.7 Å². The summed E-state index contributed by atoms with van der Waals surface area (Å²) in [5.74, 6) is -0.998. The molecule has 3 aromatic carbocycles. The fraction of sp³-hybridized carbons (Fsp3) is 0.242. The third kappa shape index (κ3) is 5.91. The zero-order valence-corrected chi connectivity index (χ0v) is 25.6. The number of ketones is 1. The van der Waals surface area contributed by atoms with E-state index in [2.05, 4.69) is 5.32 Å². The summed E-state index contributed by atoms with van der Waals surface area (Å²) in [6, 6.07) is 20.9. The van der Waals surface area contributed by atoms with Crippen LogP contribution in [0.15, 0.2) is 78.2 Å². The number of amides is 3. The number of carbonyl (C=O) groups excluding carboxylic acids is 4. The van der Waals surface area contributed by atoms with Gasteiger partial charge in [-0.1, -0.05) is 19.1 Å². The molecule has 1 aliphatic heterocycles. The summed E-state index contributed by atoms with van der Waals surface area (Å²) < 4.78 is 10.5. The number of anilines is 2. The molecule has 3 amide bonds. The second kappa shape index (κ2) is 12.7. The molecule has 1 N–H and O–H groups in total. The topological polar surface area (TPSA) is 118 Å². The molecule has 1 atom stereocenters. The molecule has 1 unspecified atom stereocenters. The summed E-state index contributed by atoms with van der Waals surface area (Å²) in [6.07, 6.45) is 0.265. The van der Waals surface area contributed by atoms with Gasteiger partial charge in [0, 0.05) is 16.6 Å². The summed E-state index contributed by atoms with van der Waals surface area (Å²) in [7, 11) is 3.16. The molecule has 5 rings (SSSR count). The van der Waals surface area contributed by atoms with Crippen LogP contribution in [0.25, 0.3) is 11.3 Å². The van der Waals surface area contributed by atoms with Gasteiger partial charge in [0.1, 0.15) is 28.6 Å². The SMILES string of the molecule is CCC(C)(C(=O)Nc1ccc(OC)cc1)N(Cc1nc(-c2ccc(OC)cc2)cs1)C(=O)CN1C(=O)C(=O)c2ccccc21. The van der Waals surface area contributed by atoms with Crippen LogP contribution in [-0.4, -0.2) is 59.7 Å². The average molecular weight is 613 g/mol. The van der Waals surface area contributed by atoms with E-state index in [1.807, 2.05) is 36.6 Å². The molecule has 11 heteroatoms. The molecule has 0 fully saturated rings. The number of hydrogen-bond donors (Lipinski definition) is 1. The van der Waals surface area contributed by atoms with Crippen molar-refractivity contribution in [2.24, 2.45) is 0 Å². The van der Waals surface area contributed by atoms with Crippen LogP contribution in [0, 0.1) is 0 Å². The Balaban J connectivity index is 1.46. The lowest BCUT2D eigenvalue weighted by atomic mass is 9.94. The summed E-state index contributed by atoms with van der Waals surface area (Å²) >= 11 is 1.36. The third-order valence-electron chi connectivity index (χ3n) is 7.83. The molecule has 0 bridgehead atoms. The zero-order valence-electron chi connectivity index (χ0n) is 24.8. The fourth-order valence-corrected chi connectivity index (χ4v) is 5.78. The van der Waals surface area contributed by atoms with Crippen LogP contribution in [0.1, 0.15) is 35.6 Å². The smallest absolute Gasteiger partial charge is 0.299 e. The molecule has 0 spiro atoms. The van der Waals surface area contributed by atoms with E-state index >= 15 is 0 Å². The highest BCUT2D eigenvalue weighted by Gasteiger charge is 2.44. The molecule has 0 aliphatic carbocycles.